The van der Waals surface area contributed by atoms with E-state index >= 15 is 0 Å². The molecule has 0 fully saturated rings. The summed E-state index contributed by atoms with van der Waals surface area (Å²) in [5.74, 6) is -0.478. The number of hydrogen-bond donors (Lipinski definition) is 1. The van der Waals surface area contributed by atoms with E-state index in [1.165, 1.54) is 42.5 Å². The Bertz CT molecular complexity index is 1360. The molecule has 4 rings (SSSR count). The highest BCUT2D eigenvalue weighted by molar-refractivity contribution is 6.02. The molecule has 2 heterocycles. The van der Waals surface area contributed by atoms with Gasteiger partial charge in [0.25, 0.3) is 11.8 Å². The fourth-order valence-electron chi connectivity index (χ4n) is 3.73. The predicted octanol–water partition coefficient (Wildman–Crippen LogP) is 3.77. The number of methoxy groups -OCH3 is 1. The average molecular weight is 507 g/mol. The van der Waals surface area contributed by atoms with Crippen molar-refractivity contribution in [1.82, 2.24) is 25.5 Å². The Balaban J connectivity index is 1.73. The molecule has 0 saturated carbocycles. The maximum Gasteiger partial charge on any atom is 0.251 e. The molecule has 10 nitrogen and oxygen atoms in total. The van der Waals surface area contributed by atoms with Crippen molar-refractivity contribution in [2.24, 2.45) is 0 Å². The van der Waals surface area contributed by atoms with Crippen molar-refractivity contribution in [2.75, 3.05) is 12.0 Å². The first-order valence-corrected chi connectivity index (χ1v) is 11.5. The number of aromatic nitrogens is 4. The van der Waals surface area contributed by atoms with Gasteiger partial charge in [-0.1, -0.05) is 12.1 Å². The lowest BCUT2D eigenvalue weighted by Crippen LogP contribution is -2.50. The van der Waals surface area contributed by atoms with Crippen LogP contribution in [0.3, 0.4) is 0 Å². The lowest BCUT2D eigenvalue weighted by Gasteiger charge is -2.32. The molecular weight excluding hydrogens is 479 g/mol. The Hall–Kier alpha value is -4.54. The third-order valence-electron chi connectivity index (χ3n) is 5.26. The third-order valence-corrected chi connectivity index (χ3v) is 5.26. The van der Waals surface area contributed by atoms with Crippen LogP contribution in [0, 0.1) is 5.82 Å². The van der Waals surface area contributed by atoms with Crippen molar-refractivity contribution in [2.45, 2.75) is 38.9 Å². The number of benzene rings is 2. The summed E-state index contributed by atoms with van der Waals surface area (Å²) in [6.45, 7) is 5.19. The maximum atomic E-state index is 13.8. The average Bonchev–Trinajstić information content (AvgIpc) is 3.54. The highest BCUT2D eigenvalue weighted by Gasteiger charge is 2.37. The molecular formula is C26H27FN6O4. The Kier molecular flexibility index (Phi) is 7.32. The molecule has 0 radical (unpaired) electrons. The number of carbonyl (C=O) groups is 2. The standard InChI is InChI=1S/C26H27FN6O4/c1-26(2,3)28-25(35)23(21-10-7-15-37-21)33(19-8-5-6-9-20(19)36-4)22(34)16-32-30-24(29-31-32)17-11-13-18(27)14-12-17/h5-15,23H,16H2,1-4H3,(H,28,35)/t23-/m1/s1. The van der Waals surface area contributed by atoms with Gasteiger partial charge < -0.3 is 14.5 Å². The van der Waals surface area contributed by atoms with Crippen molar-refractivity contribution < 1.29 is 23.1 Å². The van der Waals surface area contributed by atoms with Crippen LogP contribution in [0.4, 0.5) is 10.1 Å². The van der Waals surface area contributed by atoms with Crippen LogP contribution in [-0.2, 0) is 16.1 Å². The molecule has 2 amide bonds. The van der Waals surface area contributed by atoms with Gasteiger partial charge in [-0.2, -0.15) is 4.80 Å². The number of anilines is 1. The van der Waals surface area contributed by atoms with Gasteiger partial charge in [0, 0.05) is 11.1 Å². The van der Waals surface area contributed by atoms with Crippen molar-refractivity contribution in [3.05, 3.63) is 78.5 Å². The number of furan rings is 1. The molecule has 1 N–H and O–H groups in total. The number of carbonyl (C=O) groups excluding carboxylic acids is 2. The highest BCUT2D eigenvalue weighted by Crippen LogP contribution is 2.35. The molecule has 0 spiro atoms. The first kappa shape index (κ1) is 25.5. The number of halogens is 1. The zero-order valence-electron chi connectivity index (χ0n) is 20.9. The van der Waals surface area contributed by atoms with E-state index in [4.69, 9.17) is 9.15 Å². The summed E-state index contributed by atoms with van der Waals surface area (Å²) in [5, 5.41) is 15.2. The van der Waals surface area contributed by atoms with Crippen molar-refractivity contribution in [1.29, 1.82) is 0 Å². The van der Waals surface area contributed by atoms with Gasteiger partial charge >= 0.3 is 0 Å². The number of para-hydroxylation sites is 2. The zero-order chi connectivity index (χ0) is 26.6. The topological polar surface area (TPSA) is 115 Å². The van der Waals surface area contributed by atoms with Crippen molar-refractivity contribution in [3.63, 3.8) is 0 Å². The summed E-state index contributed by atoms with van der Waals surface area (Å²) < 4.78 is 24.4. The molecule has 11 heteroatoms. The predicted molar refractivity (Wildman–Crippen MR) is 133 cm³/mol. The monoisotopic (exact) mass is 506 g/mol. The van der Waals surface area contributed by atoms with Gasteiger partial charge in [0.2, 0.25) is 5.82 Å². The Morgan fingerprint density at radius 2 is 1.84 bits per heavy atom. The van der Waals surface area contributed by atoms with Gasteiger partial charge in [-0.15, -0.1) is 10.2 Å². The minimum Gasteiger partial charge on any atom is -0.495 e. The van der Waals surface area contributed by atoms with E-state index in [1.54, 1.807) is 36.4 Å². The maximum absolute atomic E-state index is 13.8. The second-order valence-corrected chi connectivity index (χ2v) is 9.24. The number of amides is 2. The third kappa shape index (κ3) is 6.00. The first-order valence-electron chi connectivity index (χ1n) is 11.5. The van der Waals surface area contributed by atoms with Crippen LogP contribution in [0.15, 0.2) is 71.3 Å². The van der Waals surface area contributed by atoms with Gasteiger partial charge in [-0.3, -0.25) is 14.5 Å². The summed E-state index contributed by atoms with van der Waals surface area (Å²) in [6, 6.07) is 14.6. The van der Waals surface area contributed by atoms with E-state index in [-0.39, 0.29) is 18.1 Å². The summed E-state index contributed by atoms with van der Waals surface area (Å²) in [7, 11) is 1.48. The molecule has 2 aromatic carbocycles. The Labute approximate surface area is 213 Å². The van der Waals surface area contributed by atoms with Crippen molar-refractivity contribution >= 4 is 17.5 Å². The van der Waals surface area contributed by atoms with Crippen LogP contribution < -0.4 is 15.0 Å². The van der Waals surface area contributed by atoms with E-state index in [1.807, 2.05) is 20.8 Å². The van der Waals surface area contributed by atoms with Gasteiger partial charge in [0.1, 0.15) is 23.9 Å². The molecule has 1 atom stereocenters. The summed E-state index contributed by atoms with van der Waals surface area (Å²) in [6.07, 6.45) is 1.44. The Morgan fingerprint density at radius 1 is 1.11 bits per heavy atom. The molecule has 0 saturated heterocycles. The van der Waals surface area contributed by atoms with E-state index in [0.717, 1.165) is 4.80 Å². The molecule has 0 unspecified atom stereocenters. The molecule has 4 aromatic rings. The largest absolute Gasteiger partial charge is 0.495 e. The summed E-state index contributed by atoms with van der Waals surface area (Å²) >= 11 is 0. The smallest absolute Gasteiger partial charge is 0.251 e. The van der Waals surface area contributed by atoms with Crippen LogP contribution in [0.5, 0.6) is 5.75 Å². The number of hydrogen-bond acceptors (Lipinski definition) is 7. The van der Waals surface area contributed by atoms with E-state index in [2.05, 4.69) is 20.7 Å². The summed E-state index contributed by atoms with van der Waals surface area (Å²) in [5.41, 5.74) is 0.327. The number of rotatable bonds is 8. The van der Waals surface area contributed by atoms with E-state index < -0.39 is 29.2 Å². The highest BCUT2D eigenvalue weighted by atomic mass is 19.1. The summed E-state index contributed by atoms with van der Waals surface area (Å²) in [4.78, 5) is 29.8. The minimum atomic E-state index is -1.15. The number of tetrazole rings is 1. The fraction of sp³-hybridized carbons (Fsp3) is 0.269. The fourth-order valence-corrected chi connectivity index (χ4v) is 3.73. The molecule has 0 aliphatic rings. The molecule has 37 heavy (non-hydrogen) atoms. The van der Waals surface area contributed by atoms with Crippen LogP contribution in [0.1, 0.15) is 32.6 Å². The number of ether oxygens (including phenoxy) is 1. The second-order valence-electron chi connectivity index (χ2n) is 9.24. The SMILES string of the molecule is COc1ccccc1N(C(=O)Cn1nnc(-c2ccc(F)cc2)n1)[C@@H](C(=O)NC(C)(C)C)c1ccco1. The minimum absolute atomic E-state index is 0.227. The van der Waals surface area contributed by atoms with Crippen LogP contribution >= 0.6 is 0 Å². The normalized spacial score (nSPS) is 12.1. The van der Waals surface area contributed by atoms with Gasteiger partial charge in [-0.05, 0) is 74.5 Å². The van der Waals surface area contributed by atoms with E-state index in [0.29, 0.717) is 17.0 Å². The number of nitrogens with zero attached hydrogens (tertiary/aromatic N) is 5. The number of nitrogens with one attached hydrogen (secondary N) is 1. The molecule has 0 aliphatic heterocycles. The van der Waals surface area contributed by atoms with E-state index in [9.17, 15) is 14.0 Å². The van der Waals surface area contributed by atoms with Gasteiger partial charge in [0.05, 0.1) is 19.1 Å². The quantitative estimate of drug-likeness (QED) is 0.387. The molecule has 2 aromatic heterocycles. The van der Waals surface area contributed by atoms with Gasteiger partial charge in [-0.25, -0.2) is 4.39 Å². The lowest BCUT2D eigenvalue weighted by atomic mass is 10.1. The first-order chi connectivity index (χ1) is 17.7. The molecule has 0 aliphatic carbocycles. The lowest BCUT2D eigenvalue weighted by molar-refractivity contribution is -0.128. The second kappa shape index (κ2) is 10.6. The molecule has 0 bridgehead atoms. The molecule has 192 valence electrons. The van der Waals surface area contributed by atoms with Crippen LogP contribution in [0.2, 0.25) is 0 Å². The Morgan fingerprint density at radius 3 is 2.49 bits per heavy atom. The zero-order valence-corrected chi connectivity index (χ0v) is 20.9. The van der Waals surface area contributed by atoms with Crippen LogP contribution in [0.25, 0.3) is 11.4 Å². The van der Waals surface area contributed by atoms with Crippen molar-refractivity contribution in [3.8, 4) is 17.1 Å². The van der Waals surface area contributed by atoms with Gasteiger partial charge in [0.15, 0.2) is 6.04 Å². The van der Waals surface area contributed by atoms with Crippen LogP contribution in [-0.4, -0.2) is 44.7 Å².